The van der Waals surface area contributed by atoms with Gasteiger partial charge < -0.3 is 20.7 Å². The third kappa shape index (κ3) is 2.65. The molecule has 2 aromatic heterocycles. The van der Waals surface area contributed by atoms with Crippen LogP contribution < -0.4 is 5.73 Å². The zero-order chi connectivity index (χ0) is 16.7. The number of hydrogen-bond acceptors (Lipinski definition) is 8. The van der Waals surface area contributed by atoms with Crippen molar-refractivity contribution in [1.82, 2.24) is 19.5 Å². The number of aromatic nitrogens is 4. The molecule has 3 heterocycles. The lowest BCUT2D eigenvalue weighted by atomic mass is 10.0. The van der Waals surface area contributed by atoms with E-state index in [2.05, 4.69) is 15.0 Å². The molecule has 23 heavy (non-hydrogen) atoms. The van der Waals surface area contributed by atoms with Crippen LogP contribution in [0.2, 0.25) is 5.28 Å². The molecule has 1 saturated heterocycles. The Morgan fingerprint density at radius 3 is 2.87 bits per heavy atom. The second-order valence-electron chi connectivity index (χ2n) is 5.35. The second kappa shape index (κ2) is 6.00. The van der Waals surface area contributed by atoms with Crippen LogP contribution in [0.4, 0.5) is 5.82 Å². The van der Waals surface area contributed by atoms with Crippen LogP contribution in [0.5, 0.6) is 0 Å². The van der Waals surface area contributed by atoms with E-state index < -0.39 is 24.5 Å². The number of aliphatic hydroxyl groups excluding tert-OH is 2. The lowest BCUT2D eigenvalue weighted by molar-refractivity contribution is -0.135. The Morgan fingerprint density at radius 1 is 1.43 bits per heavy atom. The molecular formula is C13H16ClN5O4. The van der Waals surface area contributed by atoms with Gasteiger partial charge in [-0.1, -0.05) is 6.92 Å². The highest BCUT2D eigenvalue weighted by atomic mass is 35.5. The average molecular weight is 342 g/mol. The number of fused-ring (bicyclic) bond motifs is 1. The van der Waals surface area contributed by atoms with E-state index >= 15 is 0 Å². The number of carbonyl (C=O) groups is 1. The molecule has 2 aromatic rings. The Bertz CT molecular complexity index is 751. The number of hydrogen-bond donors (Lipinski definition) is 3. The zero-order valence-electron chi connectivity index (χ0n) is 12.3. The lowest BCUT2D eigenvalue weighted by Gasteiger charge is -2.16. The molecule has 0 bridgehead atoms. The van der Waals surface area contributed by atoms with Crippen molar-refractivity contribution >= 4 is 34.4 Å². The number of rotatable bonds is 4. The molecular weight excluding hydrogens is 326 g/mol. The van der Waals surface area contributed by atoms with Crippen molar-refractivity contribution in [3.05, 3.63) is 11.6 Å². The van der Waals surface area contributed by atoms with Gasteiger partial charge in [-0.15, -0.1) is 0 Å². The molecule has 0 radical (unpaired) electrons. The Hall–Kier alpha value is -1.81. The topological polar surface area (TPSA) is 136 Å². The fourth-order valence-corrected chi connectivity index (χ4v) is 2.81. The van der Waals surface area contributed by atoms with Crippen molar-refractivity contribution < 1.29 is 19.7 Å². The van der Waals surface area contributed by atoms with Gasteiger partial charge >= 0.3 is 0 Å². The molecule has 1 fully saturated rings. The van der Waals surface area contributed by atoms with E-state index in [1.165, 1.54) is 10.9 Å². The number of ether oxygens (including phenoxy) is 1. The Morgan fingerprint density at radius 2 is 2.17 bits per heavy atom. The Kier molecular flexibility index (Phi) is 4.19. The molecule has 3 rings (SSSR count). The minimum absolute atomic E-state index is 0.0802. The van der Waals surface area contributed by atoms with Crippen LogP contribution in [-0.2, 0) is 9.53 Å². The predicted octanol–water partition coefficient (Wildman–Crippen LogP) is 0.0503. The number of halogens is 1. The first kappa shape index (κ1) is 16.1. The number of Topliss-reactive ketones (excluding diaryl/α,β-unsaturated/α-hetero) is 1. The summed E-state index contributed by atoms with van der Waals surface area (Å²) < 4.78 is 6.94. The fraction of sp³-hybridized carbons (Fsp3) is 0.538. The van der Waals surface area contributed by atoms with Crippen molar-refractivity contribution in [2.45, 2.75) is 44.3 Å². The quantitative estimate of drug-likeness (QED) is 0.663. The molecule has 0 amide bonds. The van der Waals surface area contributed by atoms with E-state index in [1.807, 2.05) is 6.92 Å². The van der Waals surface area contributed by atoms with Crippen LogP contribution in [0.3, 0.4) is 0 Å². The minimum Gasteiger partial charge on any atom is -0.387 e. The molecule has 0 aliphatic carbocycles. The largest absolute Gasteiger partial charge is 0.387 e. The van der Waals surface area contributed by atoms with E-state index in [-0.39, 0.29) is 29.0 Å². The van der Waals surface area contributed by atoms with Gasteiger partial charge in [-0.3, -0.25) is 9.36 Å². The summed E-state index contributed by atoms with van der Waals surface area (Å²) in [5.41, 5.74) is 6.27. The summed E-state index contributed by atoms with van der Waals surface area (Å²) >= 11 is 5.79. The first-order valence-electron chi connectivity index (χ1n) is 7.14. The van der Waals surface area contributed by atoms with Gasteiger partial charge in [0.2, 0.25) is 5.28 Å². The van der Waals surface area contributed by atoms with Crippen LogP contribution in [0, 0.1) is 0 Å². The summed E-state index contributed by atoms with van der Waals surface area (Å²) in [7, 11) is 0. The molecule has 1 aliphatic heterocycles. The fourth-order valence-electron chi connectivity index (χ4n) is 2.64. The minimum atomic E-state index is -1.33. The number of aliphatic hydroxyl groups is 2. The SMILES string of the molecule is CCCC(=O)[C@H]1O[C@@H](n2cnc3c(N)nc(Cl)nc32)[C@H](O)[C@@H]1O. The number of nitrogen functional groups attached to an aromatic ring is 1. The van der Waals surface area contributed by atoms with E-state index in [1.54, 1.807) is 0 Å². The first-order chi connectivity index (χ1) is 10.9. The van der Waals surface area contributed by atoms with E-state index in [4.69, 9.17) is 22.1 Å². The van der Waals surface area contributed by atoms with Gasteiger partial charge in [0.05, 0.1) is 6.33 Å². The summed E-state index contributed by atoms with van der Waals surface area (Å²) in [6, 6.07) is 0. The van der Waals surface area contributed by atoms with Crippen LogP contribution in [-0.4, -0.2) is 53.8 Å². The van der Waals surface area contributed by atoms with Gasteiger partial charge in [0, 0.05) is 6.42 Å². The standard InChI is InChI=1S/C13H16ClN5O4/c1-2-3-5(20)9-7(21)8(22)12(23-9)19-4-16-6-10(15)17-13(14)18-11(6)19/h4,7-9,12,21-22H,2-3H2,1H3,(H2,15,17,18)/t7-,8+,9+,12+/m0/s1. The van der Waals surface area contributed by atoms with Gasteiger partial charge in [-0.05, 0) is 18.0 Å². The van der Waals surface area contributed by atoms with E-state index in [0.717, 1.165) is 0 Å². The molecule has 124 valence electrons. The molecule has 0 aromatic carbocycles. The summed E-state index contributed by atoms with van der Waals surface area (Å²) in [4.78, 5) is 23.9. The number of nitrogens with zero attached hydrogens (tertiary/aromatic N) is 4. The average Bonchev–Trinajstić information content (AvgIpc) is 3.02. The molecule has 0 unspecified atom stereocenters. The summed E-state index contributed by atoms with van der Waals surface area (Å²) in [5.74, 6) is -0.177. The van der Waals surface area contributed by atoms with Gasteiger partial charge in [-0.25, -0.2) is 4.98 Å². The smallest absolute Gasteiger partial charge is 0.226 e. The van der Waals surface area contributed by atoms with Crippen LogP contribution in [0.25, 0.3) is 11.2 Å². The van der Waals surface area contributed by atoms with Crippen LogP contribution >= 0.6 is 11.6 Å². The van der Waals surface area contributed by atoms with Crippen molar-refractivity contribution in [3.8, 4) is 0 Å². The Balaban J connectivity index is 1.98. The van der Waals surface area contributed by atoms with E-state index in [9.17, 15) is 15.0 Å². The summed E-state index contributed by atoms with van der Waals surface area (Å²) in [6.07, 6.45) is -2.53. The van der Waals surface area contributed by atoms with Gasteiger partial charge in [-0.2, -0.15) is 9.97 Å². The maximum Gasteiger partial charge on any atom is 0.226 e. The third-order valence-electron chi connectivity index (χ3n) is 3.75. The van der Waals surface area contributed by atoms with Crippen molar-refractivity contribution in [2.75, 3.05) is 5.73 Å². The lowest BCUT2D eigenvalue weighted by Crippen LogP contribution is -2.35. The zero-order valence-corrected chi connectivity index (χ0v) is 13.0. The van der Waals surface area contributed by atoms with E-state index in [0.29, 0.717) is 11.9 Å². The van der Waals surface area contributed by atoms with Crippen molar-refractivity contribution in [2.24, 2.45) is 0 Å². The monoisotopic (exact) mass is 341 g/mol. The third-order valence-corrected chi connectivity index (χ3v) is 3.92. The predicted molar refractivity (Wildman–Crippen MR) is 80.6 cm³/mol. The van der Waals surface area contributed by atoms with Gasteiger partial charge in [0.25, 0.3) is 0 Å². The summed E-state index contributed by atoms with van der Waals surface area (Å²) in [5, 5.41) is 20.2. The van der Waals surface area contributed by atoms with Gasteiger partial charge in [0.15, 0.2) is 23.5 Å². The number of nitrogens with two attached hydrogens (primary N) is 1. The maximum absolute atomic E-state index is 12.0. The highest BCUT2D eigenvalue weighted by Crippen LogP contribution is 2.33. The molecule has 10 heteroatoms. The number of imidazole rings is 1. The van der Waals surface area contributed by atoms with Crippen LogP contribution in [0.15, 0.2) is 6.33 Å². The molecule has 0 saturated carbocycles. The molecule has 0 spiro atoms. The van der Waals surface area contributed by atoms with Gasteiger partial charge in [0.1, 0.15) is 23.8 Å². The highest BCUT2D eigenvalue weighted by Gasteiger charge is 2.47. The summed E-state index contributed by atoms with van der Waals surface area (Å²) in [6.45, 7) is 1.85. The first-order valence-corrected chi connectivity index (χ1v) is 7.51. The normalized spacial score (nSPS) is 27.7. The second-order valence-corrected chi connectivity index (χ2v) is 5.68. The molecule has 1 aliphatic rings. The van der Waals surface area contributed by atoms with Crippen molar-refractivity contribution in [1.29, 1.82) is 0 Å². The number of ketones is 1. The highest BCUT2D eigenvalue weighted by molar-refractivity contribution is 6.28. The maximum atomic E-state index is 12.0. The van der Waals surface area contributed by atoms with Crippen molar-refractivity contribution in [3.63, 3.8) is 0 Å². The Labute approximate surface area is 136 Å². The van der Waals surface area contributed by atoms with Crippen LogP contribution in [0.1, 0.15) is 26.0 Å². The number of carbonyl (C=O) groups excluding carboxylic acids is 1. The molecule has 9 nitrogen and oxygen atoms in total. The molecule has 4 atom stereocenters. The molecule has 4 N–H and O–H groups in total. The number of anilines is 1.